The summed E-state index contributed by atoms with van der Waals surface area (Å²) in [5, 5.41) is 10.7. The Hall–Kier alpha value is -3.84. The Bertz CT molecular complexity index is 1460. The van der Waals surface area contributed by atoms with E-state index in [1.54, 1.807) is 36.4 Å². The van der Waals surface area contributed by atoms with Gasteiger partial charge in [0.1, 0.15) is 11.4 Å². The van der Waals surface area contributed by atoms with Gasteiger partial charge in [-0.2, -0.15) is 0 Å². The van der Waals surface area contributed by atoms with E-state index in [9.17, 15) is 19.1 Å². The second kappa shape index (κ2) is 7.94. The summed E-state index contributed by atoms with van der Waals surface area (Å²) in [6.45, 7) is 0.105. The number of amides is 1. The molecule has 1 aliphatic heterocycles. The van der Waals surface area contributed by atoms with Gasteiger partial charge in [0.25, 0.3) is 5.91 Å². The first-order valence-electron chi connectivity index (χ1n) is 10.1. The predicted octanol–water partition coefficient (Wildman–Crippen LogP) is 5.05. The van der Waals surface area contributed by atoms with Crippen molar-refractivity contribution in [1.29, 1.82) is 0 Å². The highest BCUT2D eigenvalue weighted by molar-refractivity contribution is 6.31. The molecule has 1 amide bonds. The monoisotopic (exact) mass is 465 g/mol. The van der Waals surface area contributed by atoms with Gasteiger partial charge < -0.3 is 19.2 Å². The largest absolute Gasteiger partial charge is 0.504 e. The van der Waals surface area contributed by atoms with Crippen LogP contribution in [0.4, 0.5) is 4.39 Å². The number of halogens is 2. The third-order valence-corrected chi connectivity index (χ3v) is 5.95. The first kappa shape index (κ1) is 21.0. The smallest absolute Gasteiger partial charge is 0.291 e. The molecule has 33 heavy (non-hydrogen) atoms. The molecule has 1 atom stereocenters. The molecule has 0 saturated heterocycles. The summed E-state index contributed by atoms with van der Waals surface area (Å²) < 4.78 is 24.5. The van der Waals surface area contributed by atoms with Crippen LogP contribution in [0.1, 0.15) is 33.3 Å². The maximum Gasteiger partial charge on any atom is 0.291 e. The lowest BCUT2D eigenvalue weighted by atomic mass is 9.97. The molecule has 0 unspecified atom stereocenters. The number of carbonyl (C=O) groups excluding carboxylic acids is 1. The molecule has 6 nitrogen and oxygen atoms in total. The van der Waals surface area contributed by atoms with Crippen molar-refractivity contribution < 1.29 is 23.4 Å². The summed E-state index contributed by atoms with van der Waals surface area (Å²) in [6.07, 6.45) is 0. The number of nitrogens with zero attached hydrogens (tertiary/aromatic N) is 1. The Kier molecular flexibility index (Phi) is 5.06. The number of carbonyl (C=O) groups is 1. The zero-order valence-electron chi connectivity index (χ0n) is 17.3. The van der Waals surface area contributed by atoms with Gasteiger partial charge in [0.05, 0.1) is 24.1 Å². The van der Waals surface area contributed by atoms with E-state index in [2.05, 4.69) is 0 Å². The molecule has 0 radical (unpaired) electrons. The second-order valence-electron chi connectivity index (χ2n) is 7.71. The maximum atomic E-state index is 13.5. The van der Waals surface area contributed by atoms with Crippen LogP contribution in [0.3, 0.4) is 0 Å². The highest BCUT2D eigenvalue weighted by atomic mass is 35.5. The summed E-state index contributed by atoms with van der Waals surface area (Å²) in [6, 6.07) is 14.2. The fraction of sp³-hybridized carbons (Fsp3) is 0.120. The van der Waals surface area contributed by atoms with E-state index >= 15 is 0 Å². The zero-order chi connectivity index (χ0) is 23.3. The summed E-state index contributed by atoms with van der Waals surface area (Å²) in [4.78, 5) is 28.5. The number of phenols is 1. The van der Waals surface area contributed by atoms with E-state index in [0.717, 1.165) is 0 Å². The van der Waals surface area contributed by atoms with Gasteiger partial charge >= 0.3 is 0 Å². The van der Waals surface area contributed by atoms with Crippen molar-refractivity contribution in [3.8, 4) is 11.5 Å². The number of hydrogen-bond donors (Lipinski definition) is 1. The van der Waals surface area contributed by atoms with E-state index < -0.39 is 17.8 Å². The average Bonchev–Trinajstić information content (AvgIpc) is 3.08. The standard InChI is InChI=1S/C25H17ClFNO5/c1-32-20-10-14(4-8-18(20)29)22-21-23(30)17-11-15(26)5-9-19(17)33-24(21)25(31)28(22)12-13-2-6-16(27)7-3-13/h2-11,22,29H,12H2,1H3/t22-/m1/s1. The van der Waals surface area contributed by atoms with E-state index in [4.69, 9.17) is 20.8 Å². The van der Waals surface area contributed by atoms with E-state index in [0.29, 0.717) is 16.1 Å². The maximum absolute atomic E-state index is 13.5. The number of benzene rings is 3. The Balaban J connectivity index is 1.73. The molecular weight excluding hydrogens is 449 g/mol. The van der Waals surface area contributed by atoms with Crippen molar-refractivity contribution in [3.63, 3.8) is 0 Å². The first-order chi connectivity index (χ1) is 15.9. The van der Waals surface area contributed by atoms with Crippen molar-refractivity contribution in [2.75, 3.05) is 7.11 Å². The molecule has 1 N–H and O–H groups in total. The highest BCUT2D eigenvalue weighted by Crippen LogP contribution is 2.41. The van der Waals surface area contributed by atoms with Gasteiger partial charge in [-0.3, -0.25) is 9.59 Å². The fourth-order valence-electron chi connectivity index (χ4n) is 4.15. The molecule has 0 saturated carbocycles. The predicted molar refractivity (Wildman–Crippen MR) is 120 cm³/mol. The van der Waals surface area contributed by atoms with Crippen molar-refractivity contribution in [3.05, 3.63) is 104 Å². The van der Waals surface area contributed by atoms with Gasteiger partial charge in [-0.15, -0.1) is 0 Å². The van der Waals surface area contributed by atoms with Crippen molar-refractivity contribution in [2.24, 2.45) is 0 Å². The van der Waals surface area contributed by atoms with Crippen LogP contribution in [-0.2, 0) is 6.54 Å². The summed E-state index contributed by atoms with van der Waals surface area (Å²) >= 11 is 6.10. The molecule has 0 fully saturated rings. The number of hydrogen-bond acceptors (Lipinski definition) is 5. The normalized spacial score (nSPS) is 15.2. The summed E-state index contributed by atoms with van der Waals surface area (Å²) in [7, 11) is 1.41. The lowest BCUT2D eigenvalue weighted by molar-refractivity contribution is 0.0714. The molecule has 166 valence electrons. The molecule has 3 aromatic carbocycles. The van der Waals surface area contributed by atoms with Gasteiger partial charge in [-0.25, -0.2) is 4.39 Å². The minimum atomic E-state index is -0.813. The van der Waals surface area contributed by atoms with E-state index in [1.165, 1.54) is 36.3 Å². The molecule has 2 heterocycles. The number of aromatic hydroxyl groups is 1. The van der Waals surface area contributed by atoms with Crippen LogP contribution >= 0.6 is 11.6 Å². The van der Waals surface area contributed by atoms with E-state index in [1.807, 2.05) is 0 Å². The molecule has 0 spiro atoms. The third-order valence-electron chi connectivity index (χ3n) is 5.71. The Labute approximate surface area is 192 Å². The van der Waals surface area contributed by atoms with Gasteiger partial charge in [-0.05, 0) is 53.6 Å². The fourth-order valence-corrected chi connectivity index (χ4v) is 4.33. The lowest BCUT2D eigenvalue weighted by Crippen LogP contribution is -2.29. The highest BCUT2D eigenvalue weighted by Gasteiger charge is 2.43. The van der Waals surface area contributed by atoms with Gasteiger partial charge in [0.2, 0.25) is 5.76 Å². The molecular formula is C25H17ClFNO5. The Morgan fingerprint density at radius 2 is 1.85 bits per heavy atom. The summed E-state index contributed by atoms with van der Waals surface area (Å²) in [5.41, 5.74) is 1.27. The SMILES string of the molecule is COc1cc([C@@H]2c3c(oc4ccc(Cl)cc4c3=O)C(=O)N2Cc2ccc(F)cc2)ccc1O. The van der Waals surface area contributed by atoms with Crippen LogP contribution < -0.4 is 10.2 Å². The number of ether oxygens (including phenoxy) is 1. The quantitative estimate of drug-likeness (QED) is 0.456. The number of rotatable bonds is 4. The Morgan fingerprint density at radius 3 is 2.58 bits per heavy atom. The van der Waals surface area contributed by atoms with Crippen LogP contribution in [-0.4, -0.2) is 23.0 Å². The van der Waals surface area contributed by atoms with Gasteiger partial charge in [0.15, 0.2) is 16.9 Å². The van der Waals surface area contributed by atoms with Gasteiger partial charge in [0, 0.05) is 11.6 Å². The van der Waals surface area contributed by atoms with Crippen LogP contribution in [0.25, 0.3) is 11.0 Å². The zero-order valence-corrected chi connectivity index (χ0v) is 18.1. The van der Waals surface area contributed by atoms with Crippen LogP contribution in [0.15, 0.2) is 69.9 Å². The molecule has 5 rings (SSSR count). The topological polar surface area (TPSA) is 80.0 Å². The molecule has 1 aromatic heterocycles. The van der Waals surface area contributed by atoms with Crippen molar-refractivity contribution in [2.45, 2.75) is 12.6 Å². The molecule has 0 bridgehead atoms. The molecule has 0 aliphatic carbocycles. The molecule has 8 heteroatoms. The Morgan fingerprint density at radius 1 is 1.09 bits per heavy atom. The number of methoxy groups -OCH3 is 1. The molecule has 1 aliphatic rings. The van der Waals surface area contributed by atoms with Crippen LogP contribution in [0.2, 0.25) is 5.02 Å². The lowest BCUT2D eigenvalue weighted by Gasteiger charge is -2.25. The third kappa shape index (κ3) is 3.50. The first-order valence-corrected chi connectivity index (χ1v) is 10.4. The van der Waals surface area contributed by atoms with E-state index in [-0.39, 0.29) is 45.8 Å². The number of phenolic OH excluding ortho intramolecular Hbond substituents is 1. The minimum absolute atomic E-state index is 0.0611. The van der Waals surface area contributed by atoms with Crippen LogP contribution in [0.5, 0.6) is 11.5 Å². The van der Waals surface area contributed by atoms with Crippen molar-refractivity contribution in [1.82, 2.24) is 4.90 Å². The van der Waals surface area contributed by atoms with Crippen molar-refractivity contribution >= 4 is 28.5 Å². The van der Waals surface area contributed by atoms with Gasteiger partial charge in [-0.1, -0.05) is 29.8 Å². The molecule has 4 aromatic rings. The number of fused-ring (bicyclic) bond motifs is 2. The summed E-state index contributed by atoms with van der Waals surface area (Å²) in [5.74, 6) is -0.805. The second-order valence-corrected chi connectivity index (χ2v) is 8.14. The van der Waals surface area contributed by atoms with Crippen LogP contribution in [0, 0.1) is 5.82 Å². The minimum Gasteiger partial charge on any atom is -0.504 e. The average molecular weight is 466 g/mol.